The molecule has 1 aliphatic heterocycles. The number of hydrogen-bond donors (Lipinski definition) is 1. The molecule has 1 heterocycles. The fourth-order valence-corrected chi connectivity index (χ4v) is 1.46. The van der Waals surface area contributed by atoms with Crippen molar-refractivity contribution in [2.24, 2.45) is 0 Å². The maximum atomic E-state index is 11.6. The lowest BCUT2D eigenvalue weighted by molar-refractivity contribution is -0.137. The van der Waals surface area contributed by atoms with Crippen molar-refractivity contribution >= 4 is 11.8 Å². The first-order chi connectivity index (χ1) is 7.20. The molecule has 0 spiro atoms. The van der Waals surface area contributed by atoms with Crippen molar-refractivity contribution in [3.05, 3.63) is 23.8 Å². The molecule has 0 aromatic heterocycles. The third kappa shape index (κ3) is 2.76. The summed E-state index contributed by atoms with van der Waals surface area (Å²) in [6, 6.07) is 0. The predicted molar refractivity (Wildman–Crippen MR) is 55.9 cm³/mol. The molecule has 0 bridgehead atoms. The number of hydrogen-bond acceptors (Lipinski definition) is 3. The number of rotatable bonds is 5. The molecule has 0 aromatic rings. The van der Waals surface area contributed by atoms with E-state index in [9.17, 15) is 9.59 Å². The maximum absolute atomic E-state index is 11.6. The number of carbonyl (C=O) groups is 2. The third-order valence-corrected chi connectivity index (χ3v) is 2.22. The smallest absolute Gasteiger partial charge is 0.256 e. The zero-order valence-corrected chi connectivity index (χ0v) is 8.77. The number of allylic oxidation sites excluding steroid dienone is 2. The minimum atomic E-state index is -0.315. The molecule has 0 unspecified atom stereocenters. The average molecular weight is 209 g/mol. The molecule has 1 rings (SSSR count). The summed E-state index contributed by atoms with van der Waals surface area (Å²) in [5.41, 5.74) is 0.534. The van der Waals surface area contributed by atoms with Crippen LogP contribution in [0.25, 0.3) is 0 Å². The van der Waals surface area contributed by atoms with E-state index < -0.39 is 0 Å². The van der Waals surface area contributed by atoms with Crippen molar-refractivity contribution < 1.29 is 14.7 Å². The molecule has 4 nitrogen and oxygen atoms in total. The molecular weight excluding hydrogens is 194 g/mol. The highest BCUT2D eigenvalue weighted by molar-refractivity contribution is 6.16. The van der Waals surface area contributed by atoms with Crippen LogP contribution in [0.15, 0.2) is 23.8 Å². The monoisotopic (exact) mass is 209 g/mol. The lowest BCUT2D eigenvalue weighted by Crippen LogP contribution is -2.33. The Labute approximate surface area is 88.9 Å². The van der Waals surface area contributed by atoms with Gasteiger partial charge in [0.05, 0.1) is 13.2 Å². The molecular formula is C11H15NO3. The third-order valence-electron chi connectivity index (χ3n) is 2.22. The zero-order valence-electron chi connectivity index (χ0n) is 8.77. The largest absolute Gasteiger partial charge is 0.395 e. The number of amides is 2. The number of nitrogens with zero attached hydrogens (tertiary/aromatic N) is 1. The second-order valence-electron chi connectivity index (χ2n) is 3.30. The molecule has 0 aliphatic carbocycles. The van der Waals surface area contributed by atoms with Gasteiger partial charge in [0.15, 0.2) is 0 Å². The van der Waals surface area contributed by atoms with Crippen LogP contribution in [0, 0.1) is 0 Å². The van der Waals surface area contributed by atoms with Gasteiger partial charge in [-0.3, -0.25) is 14.5 Å². The Balaban J connectivity index is 2.57. The van der Waals surface area contributed by atoms with E-state index >= 15 is 0 Å². The van der Waals surface area contributed by atoms with Gasteiger partial charge in [-0.1, -0.05) is 12.2 Å². The van der Waals surface area contributed by atoms with Crippen LogP contribution >= 0.6 is 0 Å². The van der Waals surface area contributed by atoms with Crippen molar-refractivity contribution in [2.75, 3.05) is 13.2 Å². The standard InChI is InChI=1S/C11H15NO3/c1-2-3-4-5-9-8-10(14)12(6-7-13)11(9)15/h2-3,8,13H,4-7H2,1H3/b3-2-. The van der Waals surface area contributed by atoms with Gasteiger partial charge in [0.1, 0.15) is 0 Å². The molecule has 82 valence electrons. The summed E-state index contributed by atoms with van der Waals surface area (Å²) in [6.45, 7) is 1.81. The predicted octanol–water partition coefficient (Wildman–Crippen LogP) is 0.630. The molecule has 0 fully saturated rings. The average Bonchev–Trinajstić information content (AvgIpc) is 2.47. The van der Waals surface area contributed by atoms with Gasteiger partial charge >= 0.3 is 0 Å². The SMILES string of the molecule is C/C=C\CCC1=CC(=O)N(CCO)C1=O. The van der Waals surface area contributed by atoms with E-state index in [1.165, 1.54) is 6.08 Å². The highest BCUT2D eigenvalue weighted by Crippen LogP contribution is 2.17. The number of carbonyl (C=O) groups excluding carboxylic acids is 2. The Bertz CT molecular complexity index is 318. The maximum Gasteiger partial charge on any atom is 0.256 e. The molecule has 1 N–H and O–H groups in total. The fraction of sp³-hybridized carbons (Fsp3) is 0.455. The van der Waals surface area contributed by atoms with Gasteiger partial charge in [-0.2, -0.15) is 0 Å². The Morgan fingerprint density at radius 2 is 2.20 bits per heavy atom. The minimum absolute atomic E-state index is 0.0846. The molecule has 0 saturated heterocycles. The van der Waals surface area contributed by atoms with Gasteiger partial charge in [0, 0.05) is 11.6 Å². The van der Waals surface area contributed by atoms with Crippen molar-refractivity contribution in [1.82, 2.24) is 4.90 Å². The van der Waals surface area contributed by atoms with Crippen molar-refractivity contribution in [1.29, 1.82) is 0 Å². The van der Waals surface area contributed by atoms with Crippen LogP contribution in [0.5, 0.6) is 0 Å². The quantitative estimate of drug-likeness (QED) is 0.533. The normalized spacial score (nSPS) is 16.7. The number of aliphatic hydroxyl groups is 1. The summed E-state index contributed by atoms with van der Waals surface area (Å²) in [5, 5.41) is 8.68. The van der Waals surface area contributed by atoms with E-state index in [2.05, 4.69) is 0 Å². The first-order valence-electron chi connectivity index (χ1n) is 4.99. The van der Waals surface area contributed by atoms with Gasteiger partial charge in [-0.15, -0.1) is 0 Å². The van der Waals surface area contributed by atoms with Crippen LogP contribution in [0.3, 0.4) is 0 Å². The lowest BCUT2D eigenvalue weighted by Gasteiger charge is -2.12. The van der Waals surface area contributed by atoms with Crippen LogP contribution < -0.4 is 0 Å². The highest BCUT2D eigenvalue weighted by Gasteiger charge is 2.29. The molecule has 0 saturated carbocycles. The molecule has 1 aliphatic rings. The summed E-state index contributed by atoms with van der Waals surface area (Å²) in [6.07, 6.45) is 6.56. The topological polar surface area (TPSA) is 57.6 Å². The Hall–Kier alpha value is -1.42. The van der Waals surface area contributed by atoms with Gasteiger partial charge in [0.2, 0.25) is 0 Å². The van der Waals surface area contributed by atoms with Crippen LogP contribution in [-0.4, -0.2) is 35.0 Å². The first kappa shape index (κ1) is 11.7. The molecule has 15 heavy (non-hydrogen) atoms. The fourth-order valence-electron chi connectivity index (χ4n) is 1.46. The van der Waals surface area contributed by atoms with Crippen LogP contribution in [-0.2, 0) is 9.59 Å². The van der Waals surface area contributed by atoms with Crippen LogP contribution in [0.4, 0.5) is 0 Å². The Morgan fingerprint density at radius 3 is 2.80 bits per heavy atom. The summed E-state index contributed by atoms with van der Waals surface area (Å²) < 4.78 is 0. The highest BCUT2D eigenvalue weighted by atomic mass is 16.3. The summed E-state index contributed by atoms with van der Waals surface area (Å²) in [4.78, 5) is 24.0. The second-order valence-corrected chi connectivity index (χ2v) is 3.30. The summed E-state index contributed by atoms with van der Waals surface area (Å²) in [5.74, 6) is -0.580. The van der Waals surface area contributed by atoms with E-state index in [1.54, 1.807) is 0 Å². The van der Waals surface area contributed by atoms with Crippen molar-refractivity contribution in [3.63, 3.8) is 0 Å². The van der Waals surface area contributed by atoms with E-state index in [1.807, 2.05) is 19.1 Å². The number of β-amino-alcohol motifs (C(OH)–C–C–N with tert-alkyl or cyclic N) is 1. The molecule has 0 aromatic carbocycles. The molecule has 2 amide bonds. The van der Waals surface area contributed by atoms with E-state index in [-0.39, 0.29) is 25.0 Å². The molecule has 0 radical (unpaired) electrons. The van der Waals surface area contributed by atoms with E-state index in [4.69, 9.17) is 5.11 Å². The number of aliphatic hydroxyl groups excluding tert-OH is 1. The van der Waals surface area contributed by atoms with E-state index in [0.717, 1.165) is 11.3 Å². The minimum Gasteiger partial charge on any atom is -0.395 e. The van der Waals surface area contributed by atoms with Gasteiger partial charge < -0.3 is 5.11 Å². The molecule has 4 heteroatoms. The lowest BCUT2D eigenvalue weighted by atomic mass is 10.1. The van der Waals surface area contributed by atoms with Gasteiger partial charge in [0.25, 0.3) is 11.8 Å². The summed E-state index contributed by atoms with van der Waals surface area (Å²) >= 11 is 0. The van der Waals surface area contributed by atoms with E-state index in [0.29, 0.717) is 12.0 Å². The summed E-state index contributed by atoms with van der Waals surface area (Å²) in [7, 11) is 0. The number of imide groups is 1. The van der Waals surface area contributed by atoms with Crippen LogP contribution in [0.1, 0.15) is 19.8 Å². The van der Waals surface area contributed by atoms with Gasteiger partial charge in [-0.05, 0) is 19.8 Å². The molecule has 0 atom stereocenters. The van der Waals surface area contributed by atoms with Crippen LogP contribution in [0.2, 0.25) is 0 Å². The Kier molecular flexibility index (Phi) is 4.24. The second kappa shape index (κ2) is 5.46. The zero-order chi connectivity index (χ0) is 11.3. The van der Waals surface area contributed by atoms with Gasteiger partial charge in [-0.25, -0.2) is 0 Å². The Morgan fingerprint density at radius 1 is 1.47 bits per heavy atom. The first-order valence-corrected chi connectivity index (χ1v) is 4.99. The van der Waals surface area contributed by atoms with Crippen molar-refractivity contribution in [2.45, 2.75) is 19.8 Å². The van der Waals surface area contributed by atoms with Crippen molar-refractivity contribution in [3.8, 4) is 0 Å².